The molecule has 0 saturated heterocycles. The van der Waals surface area contributed by atoms with Crippen molar-refractivity contribution in [3.05, 3.63) is 16.5 Å². The maximum atomic E-state index is 8.98. The van der Waals surface area contributed by atoms with Gasteiger partial charge in [0.25, 0.3) is 0 Å². The molecular formula is C7H9Cl2N3O. The fraction of sp³-hybridized carbons (Fsp3) is 0.429. The Hall–Kier alpha value is -0.580. The zero-order valence-corrected chi connectivity index (χ0v) is 8.47. The third-order valence-corrected chi connectivity index (χ3v) is 1.61. The van der Waals surface area contributed by atoms with Gasteiger partial charge in [0.1, 0.15) is 11.0 Å². The molecule has 1 rings (SSSR count). The van der Waals surface area contributed by atoms with Gasteiger partial charge >= 0.3 is 0 Å². The molecule has 1 atom stereocenters. The molecule has 1 aromatic heterocycles. The number of nitrogens with zero attached hydrogens (tertiary/aromatic N) is 2. The Labute approximate surface area is 85.9 Å². The summed E-state index contributed by atoms with van der Waals surface area (Å²) in [4.78, 5) is 7.53. The molecule has 0 saturated carbocycles. The molecule has 1 heterocycles. The van der Waals surface area contributed by atoms with Crippen molar-refractivity contribution in [2.24, 2.45) is 0 Å². The topological polar surface area (TPSA) is 58.0 Å². The van der Waals surface area contributed by atoms with Gasteiger partial charge in [-0.25, -0.2) is 9.97 Å². The first-order valence-electron chi connectivity index (χ1n) is 3.70. The number of halogens is 2. The monoisotopic (exact) mass is 221 g/mol. The van der Waals surface area contributed by atoms with E-state index in [1.165, 1.54) is 6.07 Å². The van der Waals surface area contributed by atoms with Crippen molar-refractivity contribution in [3.8, 4) is 0 Å². The molecule has 0 bridgehead atoms. The molecule has 1 unspecified atom stereocenters. The summed E-state index contributed by atoms with van der Waals surface area (Å²) in [6.45, 7) is 2.06. The van der Waals surface area contributed by atoms with Crippen molar-refractivity contribution in [2.45, 2.75) is 13.0 Å². The standard InChI is InChI=1S/C7H9Cl2N3O/c1-4(13)3-10-6-2-5(8)11-7(9)12-6/h2,4,13H,3H2,1H3,(H,10,11,12). The Kier molecular flexibility index (Phi) is 3.71. The molecule has 72 valence electrons. The summed E-state index contributed by atoms with van der Waals surface area (Å²) in [5.74, 6) is 0.505. The van der Waals surface area contributed by atoms with Crippen LogP contribution in [0.3, 0.4) is 0 Å². The Morgan fingerprint density at radius 1 is 1.54 bits per heavy atom. The zero-order chi connectivity index (χ0) is 9.84. The highest BCUT2D eigenvalue weighted by Crippen LogP contribution is 2.13. The van der Waals surface area contributed by atoms with E-state index in [4.69, 9.17) is 28.3 Å². The minimum Gasteiger partial charge on any atom is -0.392 e. The van der Waals surface area contributed by atoms with Gasteiger partial charge in [0.05, 0.1) is 6.10 Å². The number of aliphatic hydroxyl groups is 1. The fourth-order valence-electron chi connectivity index (χ4n) is 0.733. The summed E-state index contributed by atoms with van der Waals surface area (Å²) < 4.78 is 0. The highest BCUT2D eigenvalue weighted by molar-refractivity contribution is 6.32. The molecule has 0 aliphatic heterocycles. The van der Waals surface area contributed by atoms with E-state index in [9.17, 15) is 0 Å². The lowest BCUT2D eigenvalue weighted by Gasteiger charge is -2.07. The van der Waals surface area contributed by atoms with Gasteiger partial charge in [-0.3, -0.25) is 0 Å². The zero-order valence-electron chi connectivity index (χ0n) is 6.96. The van der Waals surface area contributed by atoms with E-state index in [1.807, 2.05) is 0 Å². The second kappa shape index (κ2) is 4.60. The maximum absolute atomic E-state index is 8.98. The van der Waals surface area contributed by atoms with Crippen LogP contribution in [0.1, 0.15) is 6.92 Å². The van der Waals surface area contributed by atoms with E-state index < -0.39 is 6.10 Å². The molecule has 0 amide bonds. The van der Waals surface area contributed by atoms with E-state index >= 15 is 0 Å². The predicted molar refractivity (Wildman–Crippen MR) is 52.2 cm³/mol. The lowest BCUT2D eigenvalue weighted by atomic mass is 10.4. The number of nitrogens with one attached hydrogen (secondary N) is 1. The number of aliphatic hydroxyl groups excluding tert-OH is 1. The molecule has 4 nitrogen and oxygen atoms in total. The van der Waals surface area contributed by atoms with Crippen molar-refractivity contribution < 1.29 is 5.11 Å². The van der Waals surface area contributed by atoms with Crippen molar-refractivity contribution in [3.63, 3.8) is 0 Å². The van der Waals surface area contributed by atoms with Gasteiger partial charge in [0, 0.05) is 12.6 Å². The number of hydrogen-bond acceptors (Lipinski definition) is 4. The first-order valence-corrected chi connectivity index (χ1v) is 4.45. The quantitative estimate of drug-likeness (QED) is 0.602. The summed E-state index contributed by atoms with van der Waals surface area (Å²) >= 11 is 11.2. The third kappa shape index (κ3) is 3.76. The van der Waals surface area contributed by atoms with Crippen molar-refractivity contribution in [1.29, 1.82) is 0 Å². The minimum absolute atomic E-state index is 0.0839. The smallest absolute Gasteiger partial charge is 0.225 e. The van der Waals surface area contributed by atoms with Gasteiger partial charge in [0.2, 0.25) is 5.28 Å². The first kappa shape index (κ1) is 10.5. The Morgan fingerprint density at radius 3 is 2.77 bits per heavy atom. The van der Waals surface area contributed by atoms with Crippen LogP contribution in [0.2, 0.25) is 10.4 Å². The second-order valence-electron chi connectivity index (χ2n) is 2.57. The number of rotatable bonds is 3. The van der Waals surface area contributed by atoms with Crippen LogP contribution in [0.15, 0.2) is 6.07 Å². The molecule has 0 radical (unpaired) electrons. The highest BCUT2D eigenvalue weighted by atomic mass is 35.5. The molecule has 0 fully saturated rings. The van der Waals surface area contributed by atoms with Gasteiger partial charge in [-0.05, 0) is 18.5 Å². The summed E-state index contributed by atoms with van der Waals surface area (Å²) in [5.41, 5.74) is 0. The molecule has 2 N–H and O–H groups in total. The molecular weight excluding hydrogens is 213 g/mol. The number of anilines is 1. The fourth-order valence-corrected chi connectivity index (χ4v) is 1.14. The van der Waals surface area contributed by atoms with E-state index in [1.54, 1.807) is 6.92 Å². The van der Waals surface area contributed by atoms with Gasteiger partial charge in [-0.1, -0.05) is 11.6 Å². The average Bonchev–Trinajstić information content (AvgIpc) is 1.99. The Bertz CT molecular complexity index is 273. The van der Waals surface area contributed by atoms with E-state index in [0.29, 0.717) is 12.4 Å². The summed E-state index contributed by atoms with van der Waals surface area (Å²) in [6, 6.07) is 1.54. The van der Waals surface area contributed by atoms with Crippen LogP contribution in [0, 0.1) is 0 Å². The van der Waals surface area contributed by atoms with Gasteiger partial charge in [-0.15, -0.1) is 0 Å². The van der Waals surface area contributed by atoms with Crippen LogP contribution in [-0.4, -0.2) is 27.7 Å². The van der Waals surface area contributed by atoms with Crippen molar-refractivity contribution in [1.82, 2.24) is 9.97 Å². The van der Waals surface area contributed by atoms with E-state index in [0.717, 1.165) is 0 Å². The molecule has 0 spiro atoms. The van der Waals surface area contributed by atoms with Crippen LogP contribution >= 0.6 is 23.2 Å². The number of hydrogen-bond donors (Lipinski definition) is 2. The van der Waals surface area contributed by atoms with Crippen LogP contribution in [-0.2, 0) is 0 Å². The largest absolute Gasteiger partial charge is 0.392 e. The number of aromatic nitrogens is 2. The molecule has 0 aliphatic carbocycles. The maximum Gasteiger partial charge on any atom is 0.225 e. The molecule has 13 heavy (non-hydrogen) atoms. The molecule has 0 aliphatic rings. The van der Waals surface area contributed by atoms with Gasteiger partial charge in [-0.2, -0.15) is 0 Å². The van der Waals surface area contributed by atoms with Gasteiger partial charge in [0.15, 0.2) is 0 Å². The van der Waals surface area contributed by atoms with Crippen LogP contribution < -0.4 is 5.32 Å². The second-order valence-corrected chi connectivity index (χ2v) is 3.30. The lowest BCUT2D eigenvalue weighted by molar-refractivity contribution is 0.208. The van der Waals surface area contributed by atoms with Crippen LogP contribution in [0.4, 0.5) is 5.82 Å². The van der Waals surface area contributed by atoms with Crippen LogP contribution in [0.5, 0.6) is 0 Å². The highest BCUT2D eigenvalue weighted by Gasteiger charge is 2.01. The molecule has 0 aromatic carbocycles. The van der Waals surface area contributed by atoms with Crippen molar-refractivity contribution >= 4 is 29.0 Å². The summed E-state index contributed by atoms with van der Waals surface area (Å²) in [6.07, 6.45) is -0.451. The molecule has 1 aromatic rings. The lowest BCUT2D eigenvalue weighted by Crippen LogP contribution is -2.16. The summed E-state index contributed by atoms with van der Waals surface area (Å²) in [5, 5.41) is 12.2. The Balaban J connectivity index is 2.66. The van der Waals surface area contributed by atoms with E-state index in [2.05, 4.69) is 15.3 Å². The SMILES string of the molecule is CC(O)CNc1cc(Cl)nc(Cl)n1. The average molecular weight is 222 g/mol. The van der Waals surface area contributed by atoms with Gasteiger partial charge < -0.3 is 10.4 Å². The minimum atomic E-state index is -0.451. The Morgan fingerprint density at radius 2 is 2.23 bits per heavy atom. The summed E-state index contributed by atoms with van der Waals surface area (Å²) in [7, 11) is 0. The van der Waals surface area contributed by atoms with E-state index in [-0.39, 0.29) is 10.4 Å². The first-order chi connectivity index (χ1) is 6.08. The molecule has 6 heteroatoms. The normalized spacial score (nSPS) is 12.6. The van der Waals surface area contributed by atoms with Crippen molar-refractivity contribution in [2.75, 3.05) is 11.9 Å². The third-order valence-electron chi connectivity index (χ3n) is 1.25. The van der Waals surface area contributed by atoms with Crippen LogP contribution in [0.25, 0.3) is 0 Å². The predicted octanol–water partition coefficient (Wildman–Crippen LogP) is 1.58.